The van der Waals surface area contributed by atoms with Crippen LogP contribution in [0.15, 0.2) is 23.1 Å². The third-order valence-corrected chi connectivity index (χ3v) is 6.91. The van der Waals surface area contributed by atoms with Crippen molar-refractivity contribution in [1.29, 1.82) is 0 Å². The molecule has 6 nitrogen and oxygen atoms in total. The van der Waals surface area contributed by atoms with E-state index in [9.17, 15) is 13.2 Å². The molecule has 1 aromatic carbocycles. The maximum atomic E-state index is 12.8. The largest absolute Gasteiger partial charge is 0.339 e. The molecule has 0 aromatic heterocycles. The summed E-state index contributed by atoms with van der Waals surface area (Å²) in [4.78, 5) is 19.2. The molecule has 1 saturated carbocycles. The van der Waals surface area contributed by atoms with Gasteiger partial charge in [-0.3, -0.25) is 9.63 Å². The molecular weight excluding hydrogens is 364 g/mol. The number of halogens is 1. The van der Waals surface area contributed by atoms with Crippen molar-refractivity contribution in [3.05, 3.63) is 28.8 Å². The molecule has 1 amide bonds. The fourth-order valence-corrected chi connectivity index (χ4v) is 4.56. The van der Waals surface area contributed by atoms with Crippen LogP contribution in [-0.4, -0.2) is 50.9 Å². The van der Waals surface area contributed by atoms with Gasteiger partial charge >= 0.3 is 0 Å². The average Bonchev–Trinajstić information content (AvgIpc) is 2.89. The molecule has 0 radical (unpaired) electrons. The quantitative estimate of drug-likeness (QED) is 0.573. The zero-order valence-electron chi connectivity index (χ0n) is 14.9. The predicted molar refractivity (Wildman–Crippen MR) is 97.0 cm³/mol. The molecule has 0 bridgehead atoms. The number of carbonyl (C=O) groups excluding carboxylic acids is 1. The summed E-state index contributed by atoms with van der Waals surface area (Å²) in [5.41, 5.74) is 0.305. The van der Waals surface area contributed by atoms with Gasteiger partial charge in [-0.2, -0.15) is 0 Å². The smallest absolute Gasteiger partial charge is 0.266 e. The van der Waals surface area contributed by atoms with Crippen molar-refractivity contribution in [1.82, 2.24) is 9.37 Å². The van der Waals surface area contributed by atoms with Crippen molar-refractivity contribution in [3.8, 4) is 0 Å². The van der Waals surface area contributed by atoms with Gasteiger partial charge in [-0.25, -0.2) is 8.42 Å². The highest BCUT2D eigenvalue weighted by molar-refractivity contribution is 7.89. The number of hydroxylamine groups is 1. The van der Waals surface area contributed by atoms with Gasteiger partial charge in [-0.1, -0.05) is 41.8 Å². The fraction of sp³-hybridized carbons (Fsp3) is 0.588. The Bertz CT molecular complexity index is 715. The molecule has 1 aliphatic carbocycles. The summed E-state index contributed by atoms with van der Waals surface area (Å²) in [5, 5.41) is 0.0533. The van der Waals surface area contributed by atoms with E-state index in [1.807, 2.05) is 0 Å². The third kappa shape index (κ3) is 4.53. The Morgan fingerprint density at radius 3 is 2.32 bits per heavy atom. The lowest BCUT2D eigenvalue weighted by Crippen LogP contribution is -2.37. The Morgan fingerprint density at radius 2 is 1.76 bits per heavy atom. The molecule has 1 fully saturated rings. The summed E-state index contributed by atoms with van der Waals surface area (Å²) < 4.78 is 25.7. The van der Waals surface area contributed by atoms with Gasteiger partial charge in [-0.05, 0) is 31.0 Å². The Kier molecular flexibility index (Phi) is 6.85. The molecule has 0 heterocycles. The highest BCUT2D eigenvalue weighted by atomic mass is 35.5. The Balaban J connectivity index is 2.30. The van der Waals surface area contributed by atoms with E-state index in [1.165, 1.54) is 39.1 Å². The van der Waals surface area contributed by atoms with Gasteiger partial charge in [0.15, 0.2) is 0 Å². The first-order chi connectivity index (χ1) is 11.8. The van der Waals surface area contributed by atoms with E-state index in [2.05, 4.69) is 0 Å². The highest BCUT2D eigenvalue weighted by Crippen LogP contribution is 2.27. The summed E-state index contributed by atoms with van der Waals surface area (Å²) in [6.45, 7) is 0. The van der Waals surface area contributed by atoms with Gasteiger partial charge in [0, 0.05) is 25.7 Å². The molecule has 140 valence electrons. The van der Waals surface area contributed by atoms with Crippen molar-refractivity contribution in [2.24, 2.45) is 0 Å². The second-order valence-electron chi connectivity index (χ2n) is 6.30. The van der Waals surface area contributed by atoms with E-state index in [0.29, 0.717) is 5.56 Å². The molecule has 0 unspecified atom stereocenters. The highest BCUT2D eigenvalue weighted by Gasteiger charge is 2.27. The van der Waals surface area contributed by atoms with Crippen LogP contribution in [0.5, 0.6) is 0 Å². The monoisotopic (exact) mass is 388 g/mol. The van der Waals surface area contributed by atoms with E-state index in [0.717, 1.165) is 30.2 Å². The third-order valence-electron chi connectivity index (χ3n) is 4.74. The zero-order chi connectivity index (χ0) is 18.6. The normalized spacial score (nSPS) is 16.7. The van der Waals surface area contributed by atoms with Crippen molar-refractivity contribution in [3.63, 3.8) is 0 Å². The van der Waals surface area contributed by atoms with E-state index in [1.54, 1.807) is 18.0 Å². The number of nitrogens with zero attached hydrogens (tertiary/aromatic N) is 2. The summed E-state index contributed by atoms with van der Waals surface area (Å²) >= 11 is 6.05. The van der Waals surface area contributed by atoms with E-state index >= 15 is 0 Å². The minimum absolute atomic E-state index is 0.0533. The van der Waals surface area contributed by atoms with Crippen LogP contribution in [0.2, 0.25) is 5.02 Å². The maximum absolute atomic E-state index is 12.8. The predicted octanol–water partition coefficient (Wildman–Crippen LogP) is 3.32. The molecule has 0 aliphatic heterocycles. The van der Waals surface area contributed by atoms with Gasteiger partial charge in [-0.15, -0.1) is 0 Å². The van der Waals surface area contributed by atoms with Crippen LogP contribution < -0.4 is 0 Å². The van der Waals surface area contributed by atoms with E-state index in [4.69, 9.17) is 16.4 Å². The molecule has 1 aromatic rings. The van der Waals surface area contributed by atoms with E-state index in [-0.39, 0.29) is 21.9 Å². The second kappa shape index (κ2) is 8.49. The van der Waals surface area contributed by atoms with Crippen LogP contribution in [0.4, 0.5) is 0 Å². The number of benzene rings is 1. The fourth-order valence-electron chi connectivity index (χ4n) is 3.09. The first-order valence-corrected chi connectivity index (χ1v) is 10.2. The van der Waals surface area contributed by atoms with Crippen LogP contribution in [0.25, 0.3) is 0 Å². The SMILES string of the molecule is CON(C)S(=O)(=O)c1cc(C(=O)N(C)C2CCCCCC2)ccc1Cl. The standard InChI is InChI=1S/C17H25ClN2O4S/c1-19(14-8-6-4-5-7-9-14)17(21)13-10-11-15(18)16(12-13)25(22,23)20(2)24-3/h10-12,14H,4-9H2,1-3H3. The van der Waals surface area contributed by atoms with Gasteiger partial charge in [0.05, 0.1) is 12.1 Å². The Morgan fingerprint density at radius 1 is 1.16 bits per heavy atom. The first kappa shape index (κ1) is 20.2. The van der Waals surface area contributed by atoms with Crippen molar-refractivity contribution in [2.45, 2.75) is 49.5 Å². The molecule has 1 aliphatic rings. The van der Waals surface area contributed by atoms with Gasteiger partial charge in [0.1, 0.15) is 4.90 Å². The molecule has 25 heavy (non-hydrogen) atoms. The second-order valence-corrected chi connectivity index (χ2v) is 8.62. The van der Waals surface area contributed by atoms with Crippen molar-refractivity contribution in [2.75, 3.05) is 21.2 Å². The lowest BCUT2D eigenvalue weighted by atomic mass is 10.1. The first-order valence-electron chi connectivity index (χ1n) is 8.38. The topological polar surface area (TPSA) is 66.9 Å². The molecule has 2 rings (SSSR count). The number of sulfonamides is 1. The zero-order valence-corrected chi connectivity index (χ0v) is 16.4. The number of rotatable bonds is 5. The minimum atomic E-state index is -3.92. The minimum Gasteiger partial charge on any atom is -0.339 e. The number of hydrogen-bond donors (Lipinski definition) is 0. The van der Waals surface area contributed by atoms with Crippen LogP contribution in [0.3, 0.4) is 0 Å². The summed E-state index contributed by atoms with van der Waals surface area (Å²) in [6, 6.07) is 4.51. The van der Waals surface area contributed by atoms with Crippen LogP contribution in [-0.2, 0) is 14.9 Å². The summed E-state index contributed by atoms with van der Waals surface area (Å²) in [5.74, 6) is -0.194. The Labute approximate surface area is 154 Å². The summed E-state index contributed by atoms with van der Waals surface area (Å²) in [6.07, 6.45) is 6.58. The molecule has 0 atom stereocenters. The molecular formula is C17H25ClN2O4S. The van der Waals surface area contributed by atoms with Gasteiger partial charge < -0.3 is 4.90 Å². The van der Waals surface area contributed by atoms with Crippen molar-refractivity contribution < 1.29 is 18.0 Å². The molecule has 0 saturated heterocycles. The molecule has 8 heteroatoms. The summed E-state index contributed by atoms with van der Waals surface area (Å²) in [7, 11) is 0.382. The Hall–Kier alpha value is -1.15. The molecule has 0 spiro atoms. The average molecular weight is 389 g/mol. The van der Waals surface area contributed by atoms with Crippen molar-refractivity contribution >= 4 is 27.5 Å². The lowest BCUT2D eigenvalue weighted by molar-refractivity contribution is -0.0258. The maximum Gasteiger partial charge on any atom is 0.266 e. The van der Waals surface area contributed by atoms with E-state index < -0.39 is 10.0 Å². The number of carbonyl (C=O) groups is 1. The number of amides is 1. The molecule has 0 N–H and O–H groups in total. The van der Waals surface area contributed by atoms with Gasteiger partial charge in [0.2, 0.25) is 0 Å². The van der Waals surface area contributed by atoms with Gasteiger partial charge in [0.25, 0.3) is 15.9 Å². The number of hydrogen-bond acceptors (Lipinski definition) is 4. The van der Waals surface area contributed by atoms with Crippen LogP contribution in [0, 0.1) is 0 Å². The van der Waals surface area contributed by atoms with Crippen LogP contribution >= 0.6 is 11.6 Å². The lowest BCUT2D eigenvalue weighted by Gasteiger charge is -2.27. The van der Waals surface area contributed by atoms with Crippen LogP contribution in [0.1, 0.15) is 48.9 Å².